The Morgan fingerprint density at radius 2 is 0.782 bits per heavy atom. The number of halogens is 1. The average Bonchev–Trinajstić information content (AvgIpc) is 1.75. The minimum atomic E-state index is -0.944. The molecule has 0 unspecified atom stereocenters. The van der Waals surface area contributed by atoms with E-state index in [4.69, 9.17) is 21.4 Å². The van der Waals surface area contributed by atoms with Crippen molar-refractivity contribution in [3.63, 3.8) is 0 Å². The molecule has 6 N–H and O–H groups in total. The van der Waals surface area contributed by atoms with E-state index in [0.29, 0.717) is 113 Å². The number of nitrogens with one attached hydrogen (secondary N) is 2. The Kier molecular flexibility index (Phi) is 32.2. The number of aromatic nitrogens is 2. The van der Waals surface area contributed by atoms with Gasteiger partial charge in [-0.05, 0) is 169 Å². The van der Waals surface area contributed by atoms with Gasteiger partial charge in [0, 0.05) is 191 Å². The summed E-state index contributed by atoms with van der Waals surface area (Å²) >= 11 is 7.96. The van der Waals surface area contributed by atoms with Gasteiger partial charge in [0.05, 0.1) is 30.9 Å². The molecule has 0 atom stereocenters. The third-order valence-corrected chi connectivity index (χ3v) is 23.0. The smallest absolute Gasteiger partial charge is 0.870 e. The van der Waals surface area contributed by atoms with E-state index in [1.165, 1.54) is 48.5 Å². The van der Waals surface area contributed by atoms with E-state index in [9.17, 15) is 47.9 Å². The van der Waals surface area contributed by atoms with Crippen molar-refractivity contribution in [3.05, 3.63) is 294 Å². The number of carboxylic acids is 1. The molecule has 612 valence electrons. The molecule has 6 amide bonds. The molecule has 4 fully saturated rings. The fraction of sp³-hybridized carbons (Fsp3) is 0.273. The fourth-order valence-electron chi connectivity index (χ4n) is 14.8. The zero-order chi connectivity index (χ0) is 81.2. The number of fused-ring (bicyclic) bond motifs is 4. The second-order valence-electron chi connectivity index (χ2n) is 28.2. The molecule has 2 aromatic heterocycles. The summed E-state index contributed by atoms with van der Waals surface area (Å²) in [5.74, 6) is -1.50. The number of ether oxygens (including phenoxy) is 2. The van der Waals surface area contributed by atoms with Crippen molar-refractivity contribution >= 4 is 116 Å². The van der Waals surface area contributed by atoms with Crippen LogP contribution in [0.2, 0.25) is 0 Å². The van der Waals surface area contributed by atoms with Crippen LogP contribution in [0, 0.1) is 0 Å². The van der Waals surface area contributed by atoms with E-state index in [0.717, 1.165) is 118 Å². The Bertz CT molecular complexity index is 5180. The molecule has 119 heavy (non-hydrogen) atoms. The molecule has 8 aliphatic rings. The standard InChI is InChI=1S/C27H27N5O3S.C17H15NO3.C16H13NO3.C11H16N4OS.C10H11NO2.C7H5ClO.Li.2H2O/c33-25(21-6-7-23-20(16-21)8-10-32(23)26(34)19-4-2-1-3-5-19)31-17-22(18-31)29-11-13-30(14-12-29)27(35)24-28-9-15-36-24;1-21-17(20)14-7-8-15-13(11-14)9-10-18(15)16(19)12-5-3-2-4-6-12;18-15(11-4-2-1-3-5-11)17-9-8-12-10-13(16(19)20)6-7-14(12)17;16-11(10-13-1-6-17-10)15-4-2-14(3-5-15)9-7-12-8-9;1-13-10(12)8-2-3-9-7(6-8)4-5-11-9;8-7(9)6-4-2-1-3-5-6;;;/h1-7,9,15-16,22H,8,10-14,17-18H2;2-8,11H,9-10H2,1H3;1-7,10H,8-9H2,(H,19,20);1,6,9,12H,2-5,7-8H2;2-3,6,11H,4-5H2,1H3;1-5H;;2*1H2/q;;;;;;+1;;/p-1. The van der Waals surface area contributed by atoms with Gasteiger partial charge < -0.3 is 65.6 Å². The van der Waals surface area contributed by atoms with Gasteiger partial charge in [0.2, 0.25) is 0 Å². The first kappa shape index (κ1) is 89.7. The van der Waals surface area contributed by atoms with Gasteiger partial charge in [0.15, 0.2) is 10.0 Å². The minimum Gasteiger partial charge on any atom is -0.870 e. The van der Waals surface area contributed by atoms with Gasteiger partial charge >= 0.3 is 36.8 Å². The van der Waals surface area contributed by atoms with E-state index in [1.54, 1.807) is 93.8 Å². The van der Waals surface area contributed by atoms with Crippen molar-refractivity contribution in [3.8, 4) is 0 Å². The van der Waals surface area contributed by atoms with Gasteiger partial charge in [-0.15, -0.1) is 22.7 Å². The summed E-state index contributed by atoms with van der Waals surface area (Å²) in [4.78, 5) is 144. The van der Waals surface area contributed by atoms with Crippen molar-refractivity contribution in [2.24, 2.45) is 0 Å². The van der Waals surface area contributed by atoms with Crippen molar-refractivity contribution in [1.29, 1.82) is 0 Å². The molecular weight excluding hydrogens is 1570 g/mol. The molecule has 8 aromatic carbocycles. The summed E-state index contributed by atoms with van der Waals surface area (Å²) in [6.45, 7) is 13.0. The van der Waals surface area contributed by atoms with Crippen LogP contribution in [0.15, 0.2) is 217 Å². The molecule has 31 heteroatoms. The zero-order valence-electron chi connectivity index (χ0n) is 66.0. The summed E-state index contributed by atoms with van der Waals surface area (Å²) in [6, 6.07) is 58.9. The Balaban J connectivity index is 0.000000157. The van der Waals surface area contributed by atoms with Crippen LogP contribution in [0.1, 0.15) is 125 Å². The summed E-state index contributed by atoms with van der Waals surface area (Å²) in [7, 11) is 2.76. The average molecular weight is 1660 g/mol. The Morgan fingerprint density at radius 1 is 0.412 bits per heavy atom. The number of carboxylic acid groups (broad SMARTS) is 1. The zero-order valence-corrected chi connectivity index (χ0v) is 68.4. The number of rotatable bonds is 12. The van der Waals surface area contributed by atoms with Crippen molar-refractivity contribution in [2.45, 2.75) is 37.8 Å². The molecule has 0 aliphatic carbocycles. The first-order valence-corrected chi connectivity index (χ1v) is 40.4. The number of carbonyl (C=O) groups is 10. The van der Waals surface area contributed by atoms with Gasteiger partial charge in [-0.2, -0.15) is 0 Å². The SMILES string of the molecule is COC(=O)c1ccc2c(c1)CCN2.COC(=O)c1ccc2c(c1)CCN2C(=O)c1ccccc1.O.O=C(Cl)c1ccccc1.O=C(O)c1ccc2c(c1)CCN2C(=O)c1ccccc1.O=C(c1ccc2c(c1)CCN2C(=O)c1ccccc1)N1CC(N2CCN(C(=O)c3nccs3)CC2)C1.O=C(c1nccs1)N1CCN(C2CNC2)CC1.[Li+].[OH-]. The molecular formula is C88H90ClLiN12O15S2. The monoisotopic (exact) mass is 1660 g/mol. The molecule has 0 radical (unpaired) electrons. The summed E-state index contributed by atoms with van der Waals surface area (Å²) in [5.41, 5.74) is 12.5. The van der Waals surface area contributed by atoms with Crippen LogP contribution in [0.4, 0.5) is 22.7 Å². The first-order chi connectivity index (χ1) is 56.4. The molecule has 18 rings (SSSR count). The third kappa shape index (κ3) is 22.0. The van der Waals surface area contributed by atoms with E-state index in [-0.39, 0.29) is 82.8 Å². The van der Waals surface area contributed by atoms with Crippen LogP contribution in [0.3, 0.4) is 0 Å². The van der Waals surface area contributed by atoms with Gasteiger partial charge in [0.25, 0.3) is 40.7 Å². The maximum absolute atomic E-state index is 13.1. The molecule has 0 spiro atoms. The number of anilines is 4. The molecule has 27 nitrogen and oxygen atoms in total. The minimum absolute atomic E-state index is 0. The summed E-state index contributed by atoms with van der Waals surface area (Å²) in [6.07, 6.45) is 6.53. The predicted molar refractivity (Wildman–Crippen MR) is 451 cm³/mol. The number of aromatic carboxylic acids is 1. The molecule has 10 heterocycles. The van der Waals surface area contributed by atoms with Crippen LogP contribution in [-0.4, -0.2) is 240 Å². The van der Waals surface area contributed by atoms with Crippen LogP contribution in [0.25, 0.3) is 0 Å². The van der Waals surface area contributed by atoms with E-state index >= 15 is 0 Å². The number of piperazine rings is 2. The van der Waals surface area contributed by atoms with E-state index < -0.39 is 11.2 Å². The number of methoxy groups -OCH3 is 2. The second-order valence-corrected chi connectivity index (χ2v) is 30.4. The first-order valence-electron chi connectivity index (χ1n) is 38.3. The van der Waals surface area contributed by atoms with E-state index in [1.807, 2.05) is 147 Å². The van der Waals surface area contributed by atoms with Crippen LogP contribution in [0.5, 0.6) is 0 Å². The summed E-state index contributed by atoms with van der Waals surface area (Å²) in [5, 5.41) is 19.9. The van der Waals surface area contributed by atoms with Crippen LogP contribution < -0.4 is 44.2 Å². The number of benzene rings is 8. The predicted octanol–water partition coefficient (Wildman–Crippen LogP) is 7.27. The van der Waals surface area contributed by atoms with E-state index in [2.05, 4.69) is 35.1 Å². The van der Waals surface area contributed by atoms with Gasteiger partial charge in [-0.1, -0.05) is 84.9 Å². The Morgan fingerprint density at radius 3 is 1.15 bits per heavy atom. The van der Waals surface area contributed by atoms with Crippen molar-refractivity contribution < 1.29 is 92.3 Å². The maximum Gasteiger partial charge on any atom is 1.00 e. The molecule has 8 aliphatic heterocycles. The number of nitrogens with zero attached hydrogens (tertiary/aromatic N) is 10. The second kappa shape index (κ2) is 42.7. The molecule has 0 bridgehead atoms. The van der Waals surface area contributed by atoms with Crippen molar-refractivity contribution in [2.75, 3.05) is 139 Å². The van der Waals surface area contributed by atoms with Crippen LogP contribution in [-0.2, 0) is 35.2 Å². The number of amides is 6. The van der Waals surface area contributed by atoms with Crippen molar-refractivity contribution in [1.82, 2.24) is 39.8 Å². The largest absolute Gasteiger partial charge is 1.00 e. The maximum atomic E-state index is 13.1. The molecule has 4 saturated heterocycles. The Labute approximate surface area is 713 Å². The quantitative estimate of drug-likeness (QED) is 0.0614. The number of carbonyl (C=O) groups excluding carboxylic acids is 9. The number of thiazole rings is 2. The van der Waals surface area contributed by atoms with Gasteiger partial charge in [-0.3, -0.25) is 43.4 Å². The number of likely N-dealkylation sites (tertiary alicyclic amines) is 1. The molecule has 0 saturated carbocycles. The summed E-state index contributed by atoms with van der Waals surface area (Å²) < 4.78 is 9.36. The third-order valence-electron chi connectivity index (χ3n) is 21.3. The fourth-order valence-corrected chi connectivity index (χ4v) is 16.1. The Hall–Kier alpha value is -11.6. The van der Waals surface area contributed by atoms with Gasteiger partial charge in [0.1, 0.15) is 0 Å². The normalized spacial score (nSPS) is 15.3. The van der Waals surface area contributed by atoms with Gasteiger partial charge in [-0.25, -0.2) is 24.4 Å². The number of hydrogen-bond acceptors (Lipinski definition) is 21. The topological polar surface area (TPSA) is 347 Å². The molecule has 10 aromatic rings. The number of esters is 2. The number of hydrogen-bond donors (Lipinski definition) is 3. The van der Waals surface area contributed by atoms with Crippen LogP contribution >= 0.6 is 34.3 Å².